The molecule has 0 aromatic carbocycles. The molecule has 3 nitrogen and oxygen atoms in total. The molecule has 0 aliphatic heterocycles. The van der Waals surface area contributed by atoms with Gasteiger partial charge in [-0.1, -0.05) is 12.7 Å². The van der Waals surface area contributed by atoms with E-state index in [4.69, 9.17) is 5.73 Å². The number of rotatable bonds is 3. The fourth-order valence-electron chi connectivity index (χ4n) is 0.553. The molecular formula is C10H14N2O. The molecule has 1 amide bonds. The van der Waals surface area contributed by atoms with Crippen molar-refractivity contribution in [1.82, 2.24) is 4.98 Å². The molecule has 13 heavy (non-hydrogen) atoms. The van der Waals surface area contributed by atoms with Crippen LogP contribution in [0.4, 0.5) is 0 Å². The molecular weight excluding hydrogens is 164 g/mol. The van der Waals surface area contributed by atoms with Crippen LogP contribution in [-0.4, -0.2) is 10.9 Å². The molecule has 1 aromatic heterocycles. The van der Waals surface area contributed by atoms with Crippen LogP contribution in [-0.2, 0) is 4.79 Å². The maximum atomic E-state index is 10.2. The summed E-state index contributed by atoms with van der Waals surface area (Å²) in [5, 5.41) is 0. The highest BCUT2D eigenvalue weighted by molar-refractivity contribution is 5.91. The molecule has 0 fully saturated rings. The molecule has 1 rings (SSSR count). The standard InChI is InChI=1S/C6H9NO.C4H5N/c1-3-4-5(2)6(7)8;1-2-4-5-3-1/h3H,1-2,4H2,(H2,7,8);1-5H. The van der Waals surface area contributed by atoms with Crippen LogP contribution >= 0.6 is 0 Å². The predicted octanol–water partition coefficient (Wildman–Crippen LogP) is 1.62. The van der Waals surface area contributed by atoms with Crippen LogP contribution in [0.1, 0.15) is 6.42 Å². The van der Waals surface area contributed by atoms with E-state index < -0.39 is 5.91 Å². The minimum absolute atomic E-state index is 0.403. The highest BCUT2D eigenvalue weighted by Crippen LogP contribution is 1.94. The first-order valence-corrected chi connectivity index (χ1v) is 3.84. The lowest BCUT2D eigenvalue weighted by molar-refractivity contribution is -0.114. The summed E-state index contributed by atoms with van der Waals surface area (Å²) in [5.74, 6) is -0.454. The van der Waals surface area contributed by atoms with Crippen molar-refractivity contribution in [2.24, 2.45) is 5.73 Å². The topological polar surface area (TPSA) is 58.9 Å². The van der Waals surface area contributed by atoms with Gasteiger partial charge in [0.2, 0.25) is 5.91 Å². The van der Waals surface area contributed by atoms with Crippen LogP contribution in [0.3, 0.4) is 0 Å². The van der Waals surface area contributed by atoms with Gasteiger partial charge in [-0.15, -0.1) is 6.58 Å². The Bertz CT molecular complexity index is 245. The number of primary amides is 1. The molecule has 3 N–H and O–H groups in total. The van der Waals surface area contributed by atoms with Crippen molar-refractivity contribution in [2.75, 3.05) is 0 Å². The van der Waals surface area contributed by atoms with E-state index in [0.717, 1.165) is 0 Å². The fraction of sp³-hybridized carbons (Fsp3) is 0.100. The quantitative estimate of drug-likeness (QED) is 0.536. The molecule has 0 radical (unpaired) electrons. The zero-order chi connectivity index (χ0) is 10.1. The molecule has 1 heterocycles. The average Bonchev–Trinajstić information content (AvgIpc) is 2.61. The Balaban J connectivity index is 0.000000243. The van der Waals surface area contributed by atoms with E-state index in [1.54, 1.807) is 6.08 Å². The minimum atomic E-state index is -0.454. The summed E-state index contributed by atoms with van der Waals surface area (Å²) >= 11 is 0. The number of nitrogens with one attached hydrogen (secondary N) is 1. The molecule has 0 aliphatic rings. The lowest BCUT2D eigenvalue weighted by Crippen LogP contribution is -2.12. The molecule has 70 valence electrons. The monoisotopic (exact) mass is 178 g/mol. The van der Waals surface area contributed by atoms with Gasteiger partial charge in [0.1, 0.15) is 0 Å². The van der Waals surface area contributed by atoms with Crippen molar-refractivity contribution in [3.8, 4) is 0 Å². The summed E-state index contributed by atoms with van der Waals surface area (Å²) in [6.45, 7) is 6.81. The molecule has 0 bridgehead atoms. The molecule has 3 heteroatoms. The Morgan fingerprint density at radius 2 is 2.00 bits per heavy atom. The lowest BCUT2D eigenvalue weighted by atomic mass is 10.2. The van der Waals surface area contributed by atoms with E-state index in [9.17, 15) is 4.79 Å². The van der Waals surface area contributed by atoms with E-state index in [1.807, 2.05) is 24.5 Å². The Kier molecular flexibility index (Phi) is 5.97. The first-order valence-electron chi connectivity index (χ1n) is 3.84. The SMILES string of the molecule is C=CCC(=C)C(N)=O.c1cc[nH]c1. The second kappa shape index (κ2) is 6.91. The number of aromatic nitrogens is 1. The summed E-state index contributed by atoms with van der Waals surface area (Å²) < 4.78 is 0. The molecule has 0 unspecified atom stereocenters. The van der Waals surface area contributed by atoms with Crippen molar-refractivity contribution >= 4 is 5.91 Å². The summed E-state index contributed by atoms with van der Waals surface area (Å²) in [7, 11) is 0. The fourth-order valence-corrected chi connectivity index (χ4v) is 0.553. The maximum Gasteiger partial charge on any atom is 0.244 e. The third kappa shape index (κ3) is 6.62. The lowest BCUT2D eigenvalue weighted by Gasteiger charge is -1.90. The number of amides is 1. The van der Waals surface area contributed by atoms with Gasteiger partial charge in [-0.3, -0.25) is 4.79 Å². The number of hydrogen-bond acceptors (Lipinski definition) is 1. The highest BCUT2D eigenvalue weighted by atomic mass is 16.1. The second-order valence-electron chi connectivity index (χ2n) is 2.35. The van der Waals surface area contributed by atoms with Crippen molar-refractivity contribution < 1.29 is 4.79 Å². The van der Waals surface area contributed by atoms with Gasteiger partial charge < -0.3 is 10.7 Å². The van der Waals surface area contributed by atoms with Crippen LogP contribution in [0.25, 0.3) is 0 Å². The minimum Gasteiger partial charge on any atom is -0.368 e. The van der Waals surface area contributed by atoms with Gasteiger partial charge in [-0.05, 0) is 18.6 Å². The summed E-state index contributed by atoms with van der Waals surface area (Å²) in [6.07, 6.45) is 5.82. The number of allylic oxidation sites excluding steroid dienone is 1. The van der Waals surface area contributed by atoms with Crippen molar-refractivity contribution in [2.45, 2.75) is 6.42 Å². The highest BCUT2D eigenvalue weighted by Gasteiger charge is 1.95. The Morgan fingerprint density at radius 1 is 1.46 bits per heavy atom. The van der Waals surface area contributed by atoms with Gasteiger partial charge >= 0.3 is 0 Å². The van der Waals surface area contributed by atoms with Gasteiger partial charge in [0, 0.05) is 18.0 Å². The maximum absolute atomic E-state index is 10.2. The number of carbonyl (C=O) groups excluding carboxylic acids is 1. The van der Waals surface area contributed by atoms with E-state index in [1.165, 1.54) is 0 Å². The second-order valence-corrected chi connectivity index (χ2v) is 2.35. The van der Waals surface area contributed by atoms with Gasteiger partial charge in [0.25, 0.3) is 0 Å². The Morgan fingerprint density at radius 3 is 2.15 bits per heavy atom. The third-order valence-corrected chi connectivity index (χ3v) is 1.24. The molecule has 0 spiro atoms. The van der Waals surface area contributed by atoms with E-state index in [-0.39, 0.29) is 0 Å². The molecule has 0 aliphatic carbocycles. The molecule has 1 aromatic rings. The third-order valence-electron chi connectivity index (χ3n) is 1.24. The molecule has 0 saturated heterocycles. The first-order chi connectivity index (χ1) is 6.18. The smallest absolute Gasteiger partial charge is 0.244 e. The number of aromatic amines is 1. The number of nitrogens with two attached hydrogens (primary N) is 1. The van der Waals surface area contributed by atoms with Gasteiger partial charge in [-0.2, -0.15) is 0 Å². The summed E-state index contributed by atoms with van der Waals surface area (Å²) in [5.41, 5.74) is 5.24. The van der Waals surface area contributed by atoms with Crippen LogP contribution in [0.15, 0.2) is 49.3 Å². The van der Waals surface area contributed by atoms with Gasteiger partial charge in [0.05, 0.1) is 0 Å². The Labute approximate surface area is 78.0 Å². The van der Waals surface area contributed by atoms with E-state index in [2.05, 4.69) is 18.1 Å². The molecule has 0 atom stereocenters. The summed E-state index contributed by atoms with van der Waals surface area (Å²) in [4.78, 5) is 13.0. The first kappa shape index (κ1) is 11.2. The largest absolute Gasteiger partial charge is 0.368 e. The van der Waals surface area contributed by atoms with Crippen molar-refractivity contribution in [3.63, 3.8) is 0 Å². The number of H-pyrrole nitrogens is 1. The zero-order valence-electron chi connectivity index (χ0n) is 7.49. The Hall–Kier alpha value is -1.77. The van der Waals surface area contributed by atoms with Gasteiger partial charge in [-0.25, -0.2) is 0 Å². The van der Waals surface area contributed by atoms with Crippen LogP contribution < -0.4 is 5.73 Å². The number of hydrogen-bond donors (Lipinski definition) is 2. The average molecular weight is 178 g/mol. The predicted molar refractivity (Wildman–Crippen MR) is 53.9 cm³/mol. The van der Waals surface area contributed by atoms with E-state index >= 15 is 0 Å². The molecule has 0 saturated carbocycles. The van der Waals surface area contributed by atoms with Crippen LogP contribution in [0.2, 0.25) is 0 Å². The number of carbonyl (C=O) groups is 1. The van der Waals surface area contributed by atoms with E-state index in [0.29, 0.717) is 12.0 Å². The zero-order valence-corrected chi connectivity index (χ0v) is 7.49. The van der Waals surface area contributed by atoms with Crippen LogP contribution in [0, 0.1) is 0 Å². The normalized spacial score (nSPS) is 8.00. The van der Waals surface area contributed by atoms with Gasteiger partial charge in [0.15, 0.2) is 0 Å². The summed E-state index contributed by atoms with van der Waals surface area (Å²) in [6, 6.07) is 3.89. The van der Waals surface area contributed by atoms with Crippen molar-refractivity contribution in [3.05, 3.63) is 49.3 Å². The van der Waals surface area contributed by atoms with Crippen LogP contribution in [0.5, 0.6) is 0 Å². The van der Waals surface area contributed by atoms with Crippen molar-refractivity contribution in [1.29, 1.82) is 0 Å².